The summed E-state index contributed by atoms with van der Waals surface area (Å²) < 4.78 is 0. The fourth-order valence-corrected chi connectivity index (χ4v) is 6.26. The van der Waals surface area contributed by atoms with Gasteiger partial charge in [0.2, 0.25) is 11.8 Å². The summed E-state index contributed by atoms with van der Waals surface area (Å²) in [5.74, 6) is -0.629. The minimum Gasteiger partial charge on any atom is -0.274 e. The summed E-state index contributed by atoms with van der Waals surface area (Å²) in [4.78, 5) is 28.9. The normalized spacial score (nSPS) is 26.0. The van der Waals surface area contributed by atoms with Gasteiger partial charge in [0.15, 0.2) is 0 Å². The largest absolute Gasteiger partial charge is 0.274 e. The van der Waals surface area contributed by atoms with E-state index in [1.54, 1.807) is 24.3 Å². The molecule has 0 unspecified atom stereocenters. The van der Waals surface area contributed by atoms with Gasteiger partial charge < -0.3 is 0 Å². The van der Waals surface area contributed by atoms with Crippen molar-refractivity contribution in [3.63, 3.8) is 0 Å². The molecule has 1 fully saturated rings. The molecular weight excluding hydrogens is 418 g/mol. The zero-order valence-corrected chi connectivity index (χ0v) is 18.8. The molecule has 0 spiro atoms. The van der Waals surface area contributed by atoms with Gasteiger partial charge in [-0.2, -0.15) is 0 Å². The van der Waals surface area contributed by atoms with Crippen LogP contribution in [0.25, 0.3) is 0 Å². The Bertz CT molecular complexity index is 1260. The summed E-state index contributed by atoms with van der Waals surface area (Å²) in [6, 6.07) is 22.1. The van der Waals surface area contributed by atoms with Gasteiger partial charge in [0.1, 0.15) is 0 Å². The van der Waals surface area contributed by atoms with Crippen molar-refractivity contribution in [3.8, 4) is 0 Å². The number of hydrogen-bond acceptors (Lipinski definition) is 2. The molecule has 0 radical (unpaired) electrons. The van der Waals surface area contributed by atoms with Crippen LogP contribution in [0.1, 0.15) is 65.8 Å². The zero-order chi connectivity index (χ0) is 22.1. The fourth-order valence-electron chi connectivity index (χ4n) is 6.13. The zero-order valence-electron chi connectivity index (χ0n) is 18.1. The average molecular weight is 442 g/mol. The predicted molar refractivity (Wildman–Crippen MR) is 126 cm³/mol. The van der Waals surface area contributed by atoms with Crippen LogP contribution in [0.15, 0.2) is 66.7 Å². The van der Waals surface area contributed by atoms with Crippen LogP contribution in [0.3, 0.4) is 0 Å². The van der Waals surface area contributed by atoms with E-state index in [-0.39, 0.29) is 35.5 Å². The molecule has 1 saturated heterocycles. The molecule has 1 aliphatic heterocycles. The predicted octanol–water partition coefficient (Wildman–Crippen LogP) is 6.25. The molecular formula is C28H24ClNO2. The third kappa shape index (κ3) is 2.55. The maximum absolute atomic E-state index is 13.8. The first-order valence-electron chi connectivity index (χ1n) is 11.4. The van der Waals surface area contributed by atoms with Crippen molar-refractivity contribution in [2.75, 3.05) is 4.90 Å². The van der Waals surface area contributed by atoms with Crippen LogP contribution in [0.2, 0.25) is 5.02 Å². The lowest BCUT2D eigenvalue weighted by molar-refractivity contribution is -0.122. The number of carbonyl (C=O) groups excluding carboxylic acids is 2. The second kappa shape index (κ2) is 7.05. The van der Waals surface area contributed by atoms with E-state index in [1.165, 1.54) is 32.7 Å². The van der Waals surface area contributed by atoms with Gasteiger partial charge in [0, 0.05) is 16.9 Å². The molecule has 5 atom stereocenters. The van der Waals surface area contributed by atoms with Crippen molar-refractivity contribution in [2.45, 2.75) is 38.0 Å². The first-order chi connectivity index (χ1) is 15.5. The van der Waals surface area contributed by atoms with E-state index in [4.69, 9.17) is 11.6 Å². The standard InChI is InChI=1S/C28H24ClNO2/c1-3-15(2)16-8-13-21-22(14-16)24-20-7-5-4-6-19(20)23(21)25-26(24)28(32)30(27(25)31)18-11-9-17(29)10-12-18/h4-15,23-26H,3H2,1-2H3/t15-,23-,24-,25-,26+/m0/s1. The lowest BCUT2D eigenvalue weighted by Gasteiger charge is -2.46. The third-order valence-electron chi connectivity index (χ3n) is 7.83. The molecule has 160 valence electrons. The minimum absolute atomic E-state index is 0.0871. The molecule has 3 aromatic carbocycles. The lowest BCUT2D eigenvalue weighted by Crippen LogP contribution is -2.41. The molecule has 0 aromatic heterocycles. The van der Waals surface area contributed by atoms with Gasteiger partial charge in [-0.05, 0) is 64.4 Å². The third-order valence-corrected chi connectivity index (χ3v) is 8.08. The van der Waals surface area contributed by atoms with E-state index < -0.39 is 0 Å². The molecule has 0 N–H and O–H groups in total. The van der Waals surface area contributed by atoms with Crippen LogP contribution < -0.4 is 4.90 Å². The van der Waals surface area contributed by atoms with Crippen molar-refractivity contribution < 1.29 is 9.59 Å². The molecule has 4 heteroatoms. The number of nitrogens with zero attached hydrogens (tertiary/aromatic N) is 1. The second-order valence-electron chi connectivity index (χ2n) is 9.32. The number of imide groups is 1. The van der Waals surface area contributed by atoms with E-state index in [9.17, 15) is 9.59 Å². The number of anilines is 1. The molecule has 2 amide bonds. The number of carbonyl (C=O) groups is 2. The van der Waals surface area contributed by atoms with Crippen LogP contribution in [0.4, 0.5) is 5.69 Å². The van der Waals surface area contributed by atoms with E-state index in [2.05, 4.69) is 44.2 Å². The van der Waals surface area contributed by atoms with Gasteiger partial charge in [0.25, 0.3) is 0 Å². The minimum atomic E-state index is -0.363. The highest BCUT2D eigenvalue weighted by Crippen LogP contribution is 2.61. The maximum atomic E-state index is 13.8. The van der Waals surface area contributed by atoms with Gasteiger partial charge in [-0.25, -0.2) is 4.90 Å². The fraction of sp³-hybridized carbons (Fsp3) is 0.286. The number of benzene rings is 3. The molecule has 7 rings (SSSR count). The highest BCUT2D eigenvalue weighted by Gasteiger charge is 2.61. The Morgan fingerprint density at radius 1 is 0.812 bits per heavy atom. The molecule has 2 bridgehead atoms. The topological polar surface area (TPSA) is 37.4 Å². The Balaban J connectivity index is 1.54. The maximum Gasteiger partial charge on any atom is 0.238 e. The molecule has 0 saturated carbocycles. The van der Waals surface area contributed by atoms with E-state index in [0.717, 1.165) is 6.42 Å². The van der Waals surface area contributed by atoms with Crippen LogP contribution in [-0.2, 0) is 9.59 Å². The van der Waals surface area contributed by atoms with Gasteiger partial charge >= 0.3 is 0 Å². The van der Waals surface area contributed by atoms with Gasteiger partial charge in [-0.15, -0.1) is 0 Å². The Morgan fingerprint density at radius 3 is 1.97 bits per heavy atom. The lowest BCUT2D eigenvalue weighted by atomic mass is 9.54. The SMILES string of the molecule is CC[C@H](C)c1ccc2c(c1)[C@@H]1c3ccccc3[C@@H]2[C@@H]2C(=O)N(c3ccc(Cl)cc3)C(=O)[C@H]12. The Hall–Kier alpha value is -2.91. The van der Waals surface area contributed by atoms with Crippen molar-refractivity contribution in [1.82, 2.24) is 0 Å². The molecule has 3 nitrogen and oxygen atoms in total. The highest BCUT2D eigenvalue weighted by atomic mass is 35.5. The number of amides is 2. The van der Waals surface area contributed by atoms with E-state index in [1.807, 2.05) is 12.1 Å². The molecule has 3 aliphatic carbocycles. The molecule has 1 heterocycles. The number of rotatable bonds is 3. The molecule has 3 aromatic rings. The average Bonchev–Trinajstić information content (AvgIpc) is 3.09. The van der Waals surface area contributed by atoms with Crippen LogP contribution in [-0.4, -0.2) is 11.8 Å². The monoisotopic (exact) mass is 441 g/mol. The van der Waals surface area contributed by atoms with E-state index in [0.29, 0.717) is 16.6 Å². The van der Waals surface area contributed by atoms with Gasteiger partial charge in [-0.3, -0.25) is 9.59 Å². The van der Waals surface area contributed by atoms with Crippen molar-refractivity contribution in [3.05, 3.63) is 99.6 Å². The first-order valence-corrected chi connectivity index (χ1v) is 11.7. The first kappa shape index (κ1) is 19.8. The highest BCUT2D eigenvalue weighted by molar-refractivity contribution is 6.31. The molecule has 4 aliphatic rings. The van der Waals surface area contributed by atoms with Crippen LogP contribution in [0.5, 0.6) is 0 Å². The summed E-state index contributed by atoms with van der Waals surface area (Å²) in [6.45, 7) is 4.44. The Kier molecular flexibility index (Phi) is 4.35. The smallest absolute Gasteiger partial charge is 0.238 e. The summed E-state index contributed by atoms with van der Waals surface area (Å²) in [6.07, 6.45) is 1.07. The van der Waals surface area contributed by atoms with Crippen LogP contribution >= 0.6 is 11.6 Å². The summed E-state index contributed by atoms with van der Waals surface area (Å²) >= 11 is 6.05. The van der Waals surface area contributed by atoms with Crippen molar-refractivity contribution >= 4 is 29.1 Å². The van der Waals surface area contributed by atoms with Crippen LogP contribution in [0, 0.1) is 11.8 Å². The number of halogens is 1. The van der Waals surface area contributed by atoms with Gasteiger partial charge in [0.05, 0.1) is 17.5 Å². The van der Waals surface area contributed by atoms with Gasteiger partial charge in [-0.1, -0.05) is 67.9 Å². The number of hydrogen-bond donors (Lipinski definition) is 0. The van der Waals surface area contributed by atoms with Crippen molar-refractivity contribution in [2.24, 2.45) is 11.8 Å². The summed E-state index contributed by atoms with van der Waals surface area (Å²) in [5, 5.41) is 0.586. The second-order valence-corrected chi connectivity index (χ2v) is 9.76. The summed E-state index contributed by atoms with van der Waals surface area (Å²) in [7, 11) is 0. The van der Waals surface area contributed by atoms with Crippen molar-refractivity contribution in [1.29, 1.82) is 0 Å². The Labute approximate surface area is 193 Å². The molecule has 32 heavy (non-hydrogen) atoms. The van der Waals surface area contributed by atoms with E-state index >= 15 is 0 Å². The quantitative estimate of drug-likeness (QED) is 0.450. The Morgan fingerprint density at radius 2 is 1.38 bits per heavy atom. The summed E-state index contributed by atoms with van der Waals surface area (Å²) in [5.41, 5.74) is 6.74.